The van der Waals surface area contributed by atoms with Gasteiger partial charge >= 0.3 is 0 Å². The summed E-state index contributed by atoms with van der Waals surface area (Å²) in [5.41, 5.74) is 1.15. The van der Waals surface area contributed by atoms with E-state index in [1.165, 1.54) is 37.1 Å². The number of carbonyl (C=O) groups is 1. The first-order valence-corrected chi connectivity index (χ1v) is 11.8. The number of carbonyl (C=O) groups excluding carboxylic acids is 1. The average Bonchev–Trinajstić information content (AvgIpc) is 3.33. The molecule has 0 saturated carbocycles. The summed E-state index contributed by atoms with van der Waals surface area (Å²) in [6.07, 6.45) is 4.07. The Morgan fingerprint density at radius 3 is 2.41 bits per heavy atom. The Kier molecular flexibility index (Phi) is 6.36. The third kappa shape index (κ3) is 5.05. The molecule has 2 aromatic carbocycles. The Hall–Kier alpha value is -3.46. The number of aromatic nitrogens is 1. The highest BCUT2D eigenvalue weighted by Crippen LogP contribution is 2.21. The number of hydrogen-bond acceptors (Lipinski definition) is 5. The van der Waals surface area contributed by atoms with Gasteiger partial charge in [-0.2, -0.15) is 0 Å². The van der Waals surface area contributed by atoms with Crippen molar-refractivity contribution in [3.05, 3.63) is 83.8 Å². The summed E-state index contributed by atoms with van der Waals surface area (Å²) in [4.78, 5) is 19.4. The van der Waals surface area contributed by atoms with Gasteiger partial charge in [0.2, 0.25) is 0 Å². The largest absolute Gasteiger partial charge is 0.357 e. The zero-order chi connectivity index (χ0) is 22.6. The highest BCUT2D eigenvalue weighted by molar-refractivity contribution is 7.92. The lowest BCUT2D eigenvalue weighted by atomic mass is 10.1. The fraction of sp³-hybridized carbons (Fsp3) is 0.217. The zero-order valence-electron chi connectivity index (χ0n) is 17.3. The molecule has 2 N–H and O–H groups in total. The molecule has 1 aromatic heterocycles. The van der Waals surface area contributed by atoms with Gasteiger partial charge in [0, 0.05) is 25.8 Å². The number of anilines is 2. The van der Waals surface area contributed by atoms with E-state index >= 15 is 0 Å². The minimum Gasteiger partial charge on any atom is -0.357 e. The van der Waals surface area contributed by atoms with Gasteiger partial charge in [0.25, 0.3) is 15.9 Å². The maximum atomic E-state index is 13.1. The van der Waals surface area contributed by atoms with Crippen LogP contribution in [0.3, 0.4) is 0 Å². The second-order valence-corrected chi connectivity index (χ2v) is 9.19. The summed E-state index contributed by atoms with van der Waals surface area (Å²) >= 11 is 0. The van der Waals surface area contributed by atoms with Crippen LogP contribution in [0, 0.1) is 5.82 Å². The van der Waals surface area contributed by atoms with E-state index in [0.717, 1.165) is 36.6 Å². The molecular formula is C23H23FN4O3S. The number of pyridine rings is 1. The van der Waals surface area contributed by atoms with Crippen molar-refractivity contribution >= 4 is 27.4 Å². The van der Waals surface area contributed by atoms with Gasteiger partial charge in [-0.1, -0.05) is 18.2 Å². The SMILES string of the molecule is O=C(NCc1ccc(N2CCCC2)nc1)c1ccccc1NS(=O)(=O)c1ccc(F)cc1. The zero-order valence-corrected chi connectivity index (χ0v) is 18.1. The second-order valence-electron chi connectivity index (χ2n) is 7.51. The lowest BCUT2D eigenvalue weighted by molar-refractivity contribution is 0.0952. The minimum absolute atomic E-state index is 0.0988. The molecule has 0 bridgehead atoms. The second kappa shape index (κ2) is 9.35. The maximum Gasteiger partial charge on any atom is 0.261 e. The smallest absolute Gasteiger partial charge is 0.261 e. The van der Waals surface area contributed by atoms with Crippen molar-refractivity contribution in [3.63, 3.8) is 0 Å². The molecule has 32 heavy (non-hydrogen) atoms. The third-order valence-electron chi connectivity index (χ3n) is 5.23. The van der Waals surface area contributed by atoms with Crippen LogP contribution in [0.4, 0.5) is 15.9 Å². The van der Waals surface area contributed by atoms with Gasteiger partial charge in [-0.15, -0.1) is 0 Å². The number of amides is 1. The van der Waals surface area contributed by atoms with Crippen LogP contribution >= 0.6 is 0 Å². The predicted octanol–water partition coefficient (Wildman–Crippen LogP) is 3.55. The molecule has 0 aliphatic carbocycles. The first-order valence-electron chi connectivity index (χ1n) is 10.3. The van der Waals surface area contributed by atoms with Crippen molar-refractivity contribution in [1.29, 1.82) is 0 Å². The Morgan fingerprint density at radius 1 is 1.00 bits per heavy atom. The van der Waals surface area contributed by atoms with Crippen LogP contribution < -0.4 is 14.9 Å². The first kappa shape index (κ1) is 21.8. The molecule has 2 heterocycles. The van der Waals surface area contributed by atoms with Crippen LogP contribution in [-0.4, -0.2) is 32.4 Å². The summed E-state index contributed by atoms with van der Waals surface area (Å²) in [6.45, 7) is 2.27. The quantitative estimate of drug-likeness (QED) is 0.570. The summed E-state index contributed by atoms with van der Waals surface area (Å²) in [5, 5.41) is 2.80. The highest BCUT2D eigenvalue weighted by atomic mass is 32.2. The van der Waals surface area contributed by atoms with Gasteiger partial charge < -0.3 is 10.2 Å². The van der Waals surface area contributed by atoms with Crippen molar-refractivity contribution < 1.29 is 17.6 Å². The van der Waals surface area contributed by atoms with Gasteiger partial charge in [0.05, 0.1) is 16.1 Å². The Labute approximate surface area is 186 Å². The molecule has 1 aliphatic rings. The summed E-state index contributed by atoms with van der Waals surface area (Å²) < 4.78 is 40.8. The van der Waals surface area contributed by atoms with Crippen LogP contribution in [-0.2, 0) is 16.6 Å². The van der Waals surface area contributed by atoms with E-state index in [4.69, 9.17) is 0 Å². The average molecular weight is 455 g/mol. The van der Waals surface area contributed by atoms with Gasteiger partial charge in [-0.05, 0) is 60.9 Å². The van der Waals surface area contributed by atoms with Crippen molar-refractivity contribution in [2.45, 2.75) is 24.3 Å². The van der Waals surface area contributed by atoms with Gasteiger partial charge in [-0.25, -0.2) is 17.8 Å². The summed E-state index contributed by atoms with van der Waals surface area (Å²) in [7, 11) is -3.98. The van der Waals surface area contributed by atoms with Crippen molar-refractivity contribution in [2.75, 3.05) is 22.7 Å². The number of para-hydroxylation sites is 1. The molecule has 0 radical (unpaired) electrons. The molecular weight excluding hydrogens is 431 g/mol. The van der Waals surface area contributed by atoms with E-state index in [2.05, 4.69) is 19.9 Å². The molecule has 166 valence electrons. The van der Waals surface area contributed by atoms with Gasteiger partial charge in [0.15, 0.2) is 0 Å². The number of halogens is 1. The summed E-state index contributed by atoms with van der Waals surface area (Å²) in [6, 6.07) is 14.6. The lowest BCUT2D eigenvalue weighted by Gasteiger charge is -2.16. The molecule has 1 fully saturated rings. The molecule has 0 atom stereocenters. The van der Waals surface area contributed by atoms with Crippen LogP contribution in [0.25, 0.3) is 0 Å². The van der Waals surface area contributed by atoms with E-state index < -0.39 is 21.7 Å². The van der Waals surface area contributed by atoms with Crippen molar-refractivity contribution in [2.24, 2.45) is 0 Å². The fourth-order valence-electron chi connectivity index (χ4n) is 3.52. The monoisotopic (exact) mass is 454 g/mol. The summed E-state index contributed by atoms with van der Waals surface area (Å²) in [5.74, 6) is -0.0316. The molecule has 1 amide bonds. The number of rotatable bonds is 7. The van der Waals surface area contributed by atoms with E-state index in [9.17, 15) is 17.6 Å². The normalized spacial score (nSPS) is 13.7. The molecule has 0 spiro atoms. The topological polar surface area (TPSA) is 91.4 Å². The third-order valence-corrected chi connectivity index (χ3v) is 6.61. The van der Waals surface area contributed by atoms with E-state index in [1.807, 2.05) is 12.1 Å². The number of hydrogen-bond donors (Lipinski definition) is 2. The molecule has 7 nitrogen and oxygen atoms in total. The van der Waals surface area contributed by atoms with Gasteiger partial charge in [0.1, 0.15) is 11.6 Å². The van der Waals surface area contributed by atoms with Crippen LogP contribution in [0.2, 0.25) is 0 Å². The Balaban J connectivity index is 1.43. The number of nitrogens with zero attached hydrogens (tertiary/aromatic N) is 2. The standard InChI is InChI=1S/C23H23FN4O3S/c24-18-8-10-19(11-9-18)32(30,31)27-21-6-2-1-5-20(21)23(29)26-16-17-7-12-22(25-15-17)28-13-3-4-14-28/h1-2,5-12,15,27H,3-4,13-14,16H2,(H,26,29). The minimum atomic E-state index is -3.98. The fourth-order valence-corrected chi connectivity index (χ4v) is 4.60. The molecule has 0 unspecified atom stereocenters. The van der Waals surface area contributed by atoms with E-state index in [1.54, 1.807) is 18.3 Å². The number of sulfonamides is 1. The highest BCUT2D eigenvalue weighted by Gasteiger charge is 2.19. The first-order chi connectivity index (χ1) is 15.4. The van der Waals surface area contributed by atoms with E-state index in [-0.39, 0.29) is 22.7 Å². The maximum absolute atomic E-state index is 13.1. The van der Waals surface area contributed by atoms with Crippen LogP contribution in [0.15, 0.2) is 71.8 Å². The number of benzene rings is 2. The molecule has 3 aromatic rings. The van der Waals surface area contributed by atoms with Crippen molar-refractivity contribution in [3.8, 4) is 0 Å². The van der Waals surface area contributed by atoms with Crippen LogP contribution in [0.1, 0.15) is 28.8 Å². The van der Waals surface area contributed by atoms with Crippen LogP contribution in [0.5, 0.6) is 0 Å². The Bertz CT molecular complexity index is 1190. The molecule has 1 aliphatic heterocycles. The Morgan fingerprint density at radius 2 is 1.72 bits per heavy atom. The predicted molar refractivity (Wildman–Crippen MR) is 121 cm³/mol. The number of nitrogens with one attached hydrogen (secondary N) is 2. The van der Waals surface area contributed by atoms with Gasteiger partial charge in [-0.3, -0.25) is 9.52 Å². The molecule has 1 saturated heterocycles. The molecule has 9 heteroatoms. The molecule has 4 rings (SSSR count). The van der Waals surface area contributed by atoms with Crippen molar-refractivity contribution in [1.82, 2.24) is 10.3 Å². The lowest BCUT2D eigenvalue weighted by Crippen LogP contribution is -2.25. The van der Waals surface area contributed by atoms with E-state index in [0.29, 0.717) is 0 Å².